The van der Waals surface area contributed by atoms with Crippen LogP contribution in [-0.4, -0.2) is 45.5 Å². The van der Waals surface area contributed by atoms with Crippen LogP contribution in [0.1, 0.15) is 56.4 Å². The number of allylic oxidation sites excluding steroid dienone is 2. The Morgan fingerprint density at radius 2 is 1.98 bits per heavy atom. The molecule has 1 aromatic carbocycles. The monoisotopic (exact) mass is 540 g/mol. The van der Waals surface area contributed by atoms with Gasteiger partial charge in [-0.25, -0.2) is 9.97 Å². The largest absolute Gasteiger partial charge is 0.493 e. The quantitative estimate of drug-likeness (QED) is 0.225. The number of fused-ring (bicyclic) bond motifs is 1. The molecule has 3 heterocycles. The number of pyridine rings is 1. The molecule has 1 aliphatic carbocycles. The Labute approximate surface area is 234 Å². The zero-order valence-electron chi connectivity index (χ0n) is 23.4. The van der Waals surface area contributed by atoms with E-state index in [1.165, 1.54) is 19.3 Å². The number of nitrogens with one attached hydrogen (secondary N) is 1. The molecule has 0 amide bonds. The minimum absolute atomic E-state index is 0.366. The first-order chi connectivity index (χ1) is 19.6. The number of likely N-dealkylation sites (N-methyl/N-ethyl adjacent to an activating group) is 1. The summed E-state index contributed by atoms with van der Waals surface area (Å²) in [6.45, 7) is 6.89. The van der Waals surface area contributed by atoms with Gasteiger partial charge in [0.25, 0.3) is 0 Å². The van der Waals surface area contributed by atoms with Gasteiger partial charge in [-0.2, -0.15) is 0 Å². The molecule has 3 aromatic heterocycles. The lowest BCUT2D eigenvalue weighted by Gasteiger charge is -2.17. The van der Waals surface area contributed by atoms with Crippen molar-refractivity contribution in [1.29, 1.82) is 0 Å². The molecule has 5 rings (SSSR count). The molecule has 1 aliphatic rings. The zero-order valence-corrected chi connectivity index (χ0v) is 23.4. The summed E-state index contributed by atoms with van der Waals surface area (Å²) < 4.78 is 19.7. The van der Waals surface area contributed by atoms with Gasteiger partial charge in [-0.05, 0) is 55.2 Å². The number of nitrogens with zero attached hydrogens (tertiary/aromatic N) is 5. The van der Waals surface area contributed by atoms with Crippen LogP contribution in [0.2, 0.25) is 0 Å². The number of methoxy groups -OCH3 is 1. The van der Waals surface area contributed by atoms with Gasteiger partial charge in [0.1, 0.15) is 12.1 Å². The molecule has 0 bridgehead atoms. The highest BCUT2D eigenvalue weighted by Crippen LogP contribution is 2.33. The Hall–Kier alpha value is -4.40. The number of ether oxygens (including phenoxy) is 2. The van der Waals surface area contributed by atoms with Crippen molar-refractivity contribution in [2.75, 3.05) is 20.8 Å². The van der Waals surface area contributed by atoms with E-state index in [0.29, 0.717) is 36.5 Å². The Bertz CT molecular complexity index is 1530. The van der Waals surface area contributed by atoms with Crippen molar-refractivity contribution in [3.63, 3.8) is 0 Å². The molecule has 0 radical (unpaired) electrons. The molecular weight excluding hydrogens is 504 g/mol. The standard InChI is InChI=1S/C31H36N6O3/c1-5-22(12-11-21(2)32-3)19-39-27-14-13-23(15-28(27)38-4)18-37-20-34-26-16-25(17-33-29(26)37)31-36-35-30(40-31)24-9-7-6-8-10-24/h5,11-17,20,24,32H,2,6-10,18-19H2,1,3-4H3/b12-11-,22-5+. The molecule has 1 saturated carbocycles. The number of imidazole rings is 1. The maximum Gasteiger partial charge on any atom is 0.249 e. The lowest BCUT2D eigenvalue weighted by Crippen LogP contribution is -2.04. The Morgan fingerprint density at radius 1 is 1.12 bits per heavy atom. The van der Waals surface area contributed by atoms with Crippen LogP contribution in [0.25, 0.3) is 22.6 Å². The van der Waals surface area contributed by atoms with Crippen LogP contribution in [0.4, 0.5) is 0 Å². The highest BCUT2D eigenvalue weighted by atomic mass is 16.5. The van der Waals surface area contributed by atoms with Crippen LogP contribution in [0.15, 0.2) is 77.3 Å². The van der Waals surface area contributed by atoms with Crippen LogP contribution < -0.4 is 14.8 Å². The van der Waals surface area contributed by atoms with Gasteiger partial charge in [0.05, 0.1) is 25.5 Å². The van der Waals surface area contributed by atoms with Crippen molar-refractivity contribution in [2.45, 2.75) is 51.5 Å². The van der Waals surface area contributed by atoms with E-state index in [-0.39, 0.29) is 0 Å². The molecule has 0 aliphatic heterocycles. The van der Waals surface area contributed by atoms with E-state index in [2.05, 4.69) is 32.1 Å². The summed E-state index contributed by atoms with van der Waals surface area (Å²) in [6, 6.07) is 7.89. The van der Waals surface area contributed by atoms with E-state index in [0.717, 1.165) is 52.3 Å². The molecular formula is C31H36N6O3. The molecule has 0 unspecified atom stereocenters. The maximum atomic E-state index is 6.06. The van der Waals surface area contributed by atoms with Crippen molar-refractivity contribution in [3.05, 3.63) is 84.3 Å². The number of benzene rings is 1. The molecule has 1 N–H and O–H groups in total. The molecule has 208 valence electrons. The first-order valence-electron chi connectivity index (χ1n) is 13.7. The van der Waals surface area contributed by atoms with Crippen molar-refractivity contribution < 1.29 is 13.9 Å². The molecule has 40 heavy (non-hydrogen) atoms. The first kappa shape index (κ1) is 27.2. The van der Waals surface area contributed by atoms with Gasteiger partial charge in [-0.1, -0.05) is 44.1 Å². The SMILES string of the molecule is C=C(/C=C\C(=C/C)COc1ccc(Cn2cnc3cc(-c4nnc(C5CCCCC5)o4)cnc32)cc1OC)NC. The van der Waals surface area contributed by atoms with Crippen LogP contribution in [0, 0.1) is 0 Å². The van der Waals surface area contributed by atoms with E-state index >= 15 is 0 Å². The van der Waals surface area contributed by atoms with Gasteiger partial charge >= 0.3 is 0 Å². The van der Waals surface area contributed by atoms with Crippen LogP contribution in [0.3, 0.4) is 0 Å². The van der Waals surface area contributed by atoms with Crippen molar-refractivity contribution >= 4 is 11.2 Å². The molecule has 9 nitrogen and oxygen atoms in total. The maximum absolute atomic E-state index is 6.06. The summed E-state index contributed by atoms with van der Waals surface area (Å²) in [5, 5.41) is 11.6. The number of aromatic nitrogens is 5. The molecule has 9 heteroatoms. The average Bonchev–Trinajstić information content (AvgIpc) is 3.65. The third-order valence-electron chi connectivity index (χ3n) is 7.26. The number of rotatable bonds is 11. The van der Waals surface area contributed by atoms with E-state index in [1.54, 1.807) is 19.6 Å². The fourth-order valence-corrected chi connectivity index (χ4v) is 4.85. The van der Waals surface area contributed by atoms with E-state index in [1.807, 2.05) is 61.0 Å². The van der Waals surface area contributed by atoms with Gasteiger partial charge in [0, 0.05) is 24.9 Å². The summed E-state index contributed by atoms with van der Waals surface area (Å²) in [5.74, 6) is 2.94. The highest BCUT2D eigenvalue weighted by Gasteiger charge is 2.22. The predicted octanol–water partition coefficient (Wildman–Crippen LogP) is 6.20. The highest BCUT2D eigenvalue weighted by molar-refractivity contribution is 5.76. The van der Waals surface area contributed by atoms with Gasteiger partial charge in [-0.15, -0.1) is 10.2 Å². The van der Waals surface area contributed by atoms with Crippen LogP contribution >= 0.6 is 0 Å². The lowest BCUT2D eigenvalue weighted by atomic mass is 9.89. The van der Waals surface area contributed by atoms with E-state index < -0.39 is 0 Å². The topological polar surface area (TPSA) is 100 Å². The van der Waals surface area contributed by atoms with Crippen molar-refractivity contribution in [1.82, 2.24) is 30.0 Å². The second-order valence-corrected chi connectivity index (χ2v) is 9.97. The first-order valence-corrected chi connectivity index (χ1v) is 13.7. The fraction of sp³-hybridized carbons (Fsp3) is 0.355. The lowest BCUT2D eigenvalue weighted by molar-refractivity contribution is 0.321. The Kier molecular flexibility index (Phi) is 8.59. The smallest absolute Gasteiger partial charge is 0.249 e. The average molecular weight is 541 g/mol. The van der Waals surface area contributed by atoms with Crippen molar-refractivity contribution in [2.24, 2.45) is 0 Å². The van der Waals surface area contributed by atoms with Gasteiger partial charge in [-0.3, -0.25) is 0 Å². The fourth-order valence-electron chi connectivity index (χ4n) is 4.85. The summed E-state index contributed by atoms with van der Waals surface area (Å²) in [4.78, 5) is 9.27. The number of hydrogen-bond donors (Lipinski definition) is 1. The minimum atomic E-state index is 0.366. The van der Waals surface area contributed by atoms with Gasteiger partial charge in [0.15, 0.2) is 17.1 Å². The molecule has 0 atom stereocenters. The van der Waals surface area contributed by atoms with Crippen LogP contribution in [-0.2, 0) is 6.54 Å². The Balaban J connectivity index is 1.27. The van der Waals surface area contributed by atoms with E-state index in [4.69, 9.17) is 13.9 Å². The summed E-state index contributed by atoms with van der Waals surface area (Å²) in [6.07, 6.45) is 15.4. The molecule has 0 spiro atoms. The third kappa shape index (κ3) is 6.25. The normalized spacial score (nSPS) is 14.6. The molecule has 1 fully saturated rings. The molecule has 0 saturated heterocycles. The summed E-state index contributed by atoms with van der Waals surface area (Å²) in [5.41, 5.74) is 5.24. The van der Waals surface area contributed by atoms with Crippen LogP contribution in [0.5, 0.6) is 11.5 Å². The summed E-state index contributed by atoms with van der Waals surface area (Å²) >= 11 is 0. The van der Waals surface area contributed by atoms with Gasteiger partial charge < -0.3 is 23.8 Å². The second-order valence-electron chi connectivity index (χ2n) is 9.97. The third-order valence-corrected chi connectivity index (χ3v) is 7.26. The van der Waals surface area contributed by atoms with Crippen molar-refractivity contribution in [3.8, 4) is 23.0 Å². The van der Waals surface area contributed by atoms with Gasteiger partial charge in [0.2, 0.25) is 11.8 Å². The second kappa shape index (κ2) is 12.6. The minimum Gasteiger partial charge on any atom is -0.493 e. The Morgan fingerprint density at radius 3 is 2.75 bits per heavy atom. The summed E-state index contributed by atoms with van der Waals surface area (Å²) in [7, 11) is 3.49. The zero-order chi connectivity index (χ0) is 27.9. The van der Waals surface area contributed by atoms with E-state index in [9.17, 15) is 0 Å². The predicted molar refractivity (Wildman–Crippen MR) is 155 cm³/mol. The number of hydrogen-bond acceptors (Lipinski definition) is 8. The molecule has 4 aromatic rings.